The standard InChI is InChI=1S/C21H23FN6O4/c22-17-9-14(28-13-23-24-25-28)1-2-16(17)18(29)11-26-6-3-21(4-7-26)5-8-27(20(21)31)15-10-19(30)32-12-15/h1-2,9-10,13,18,29H,3-8,11-12H2/t18-/m1/s1. The molecule has 0 radical (unpaired) electrons. The normalized spacial score (nSPS) is 21.8. The van der Waals surface area contributed by atoms with Crippen molar-refractivity contribution in [3.05, 3.63) is 47.7 Å². The number of hydrogen-bond acceptors (Lipinski definition) is 8. The molecule has 0 unspecified atom stereocenters. The molecule has 1 spiro atoms. The summed E-state index contributed by atoms with van der Waals surface area (Å²) in [6, 6.07) is 4.48. The quantitative estimate of drug-likeness (QED) is 0.670. The van der Waals surface area contributed by atoms with Crippen molar-refractivity contribution in [2.24, 2.45) is 5.41 Å². The number of likely N-dealkylation sites (tertiary alicyclic amines) is 2. The van der Waals surface area contributed by atoms with Crippen LogP contribution in [0.15, 0.2) is 36.3 Å². The lowest BCUT2D eigenvalue weighted by atomic mass is 9.77. The summed E-state index contributed by atoms with van der Waals surface area (Å²) in [7, 11) is 0. The third-order valence-corrected chi connectivity index (χ3v) is 6.71. The number of amides is 1. The van der Waals surface area contributed by atoms with E-state index in [0.717, 1.165) is 6.42 Å². The van der Waals surface area contributed by atoms with E-state index in [0.29, 0.717) is 43.9 Å². The molecule has 3 aliphatic heterocycles. The van der Waals surface area contributed by atoms with Gasteiger partial charge >= 0.3 is 5.97 Å². The smallest absolute Gasteiger partial charge is 0.333 e. The van der Waals surface area contributed by atoms with Crippen LogP contribution >= 0.6 is 0 Å². The van der Waals surface area contributed by atoms with Gasteiger partial charge in [-0.3, -0.25) is 4.79 Å². The van der Waals surface area contributed by atoms with Gasteiger partial charge in [0, 0.05) is 30.8 Å². The van der Waals surface area contributed by atoms with Crippen LogP contribution in [0.2, 0.25) is 0 Å². The second kappa shape index (κ2) is 8.06. The van der Waals surface area contributed by atoms with E-state index in [1.165, 1.54) is 23.2 Å². The number of benzene rings is 1. The fourth-order valence-electron chi connectivity index (χ4n) is 4.79. The number of carbonyl (C=O) groups excluding carboxylic acids is 2. The van der Waals surface area contributed by atoms with Crippen molar-refractivity contribution in [2.75, 3.05) is 32.8 Å². The SMILES string of the molecule is O=C1C=C(N2CCC3(CCN(C[C@@H](O)c4ccc(-n5cnnn5)cc4F)CC3)C2=O)CO1. The largest absolute Gasteiger partial charge is 0.456 e. The summed E-state index contributed by atoms with van der Waals surface area (Å²) in [5.41, 5.74) is 0.877. The summed E-state index contributed by atoms with van der Waals surface area (Å²) in [5, 5.41) is 21.4. The third-order valence-electron chi connectivity index (χ3n) is 6.71. The number of β-amino-alcohol motifs (C(OH)–C–C–N with tert-alkyl or cyclic N) is 1. The van der Waals surface area contributed by atoms with Gasteiger partial charge in [-0.15, -0.1) is 5.10 Å². The van der Waals surface area contributed by atoms with Gasteiger partial charge in [0.05, 0.1) is 22.9 Å². The molecule has 1 aromatic heterocycles. The molecule has 2 fully saturated rings. The number of rotatable bonds is 5. The topological polar surface area (TPSA) is 114 Å². The first-order valence-electron chi connectivity index (χ1n) is 10.6. The van der Waals surface area contributed by atoms with Crippen LogP contribution in [0.25, 0.3) is 5.69 Å². The Hall–Kier alpha value is -3.18. The zero-order chi connectivity index (χ0) is 22.3. The minimum atomic E-state index is -0.991. The first-order chi connectivity index (χ1) is 15.4. The highest BCUT2D eigenvalue weighted by Gasteiger charge is 2.49. The molecule has 1 N–H and O–H groups in total. The molecule has 168 valence electrons. The van der Waals surface area contributed by atoms with Crippen molar-refractivity contribution in [1.29, 1.82) is 0 Å². The van der Waals surface area contributed by atoms with E-state index in [9.17, 15) is 19.1 Å². The predicted molar refractivity (Wildman–Crippen MR) is 108 cm³/mol. The Labute approximate surface area is 183 Å². The summed E-state index contributed by atoms with van der Waals surface area (Å²) in [6.45, 7) is 2.28. The van der Waals surface area contributed by atoms with Crippen molar-refractivity contribution < 1.29 is 23.8 Å². The zero-order valence-corrected chi connectivity index (χ0v) is 17.4. The second-order valence-corrected chi connectivity index (χ2v) is 8.51. The Balaban J connectivity index is 1.20. The highest BCUT2D eigenvalue weighted by Crippen LogP contribution is 2.43. The number of cyclic esters (lactones) is 1. The first kappa shape index (κ1) is 20.7. The molecule has 5 rings (SSSR count). The number of aromatic nitrogens is 4. The summed E-state index contributed by atoms with van der Waals surface area (Å²) in [5.74, 6) is -0.885. The molecule has 2 aromatic rings. The van der Waals surface area contributed by atoms with E-state index in [4.69, 9.17) is 4.74 Å². The number of nitrogens with zero attached hydrogens (tertiary/aromatic N) is 6. The van der Waals surface area contributed by atoms with Crippen LogP contribution in [-0.2, 0) is 14.3 Å². The van der Waals surface area contributed by atoms with Gasteiger partial charge in [-0.05, 0) is 48.8 Å². The molecule has 3 aliphatic rings. The van der Waals surface area contributed by atoms with E-state index in [1.807, 2.05) is 0 Å². The Bertz CT molecular complexity index is 1060. The zero-order valence-electron chi connectivity index (χ0n) is 17.4. The minimum Gasteiger partial charge on any atom is -0.456 e. The third kappa shape index (κ3) is 3.67. The van der Waals surface area contributed by atoms with Gasteiger partial charge in [0.2, 0.25) is 5.91 Å². The van der Waals surface area contributed by atoms with Gasteiger partial charge in [-0.25, -0.2) is 13.9 Å². The Morgan fingerprint density at radius 3 is 2.62 bits per heavy atom. The van der Waals surface area contributed by atoms with Gasteiger partial charge in [0.1, 0.15) is 18.8 Å². The molecule has 10 nitrogen and oxygen atoms in total. The van der Waals surface area contributed by atoms with Gasteiger partial charge in [0.15, 0.2) is 0 Å². The Morgan fingerprint density at radius 1 is 1.19 bits per heavy atom. The monoisotopic (exact) mass is 442 g/mol. The molecular weight excluding hydrogens is 419 g/mol. The molecule has 11 heteroatoms. The average Bonchev–Trinajstić information content (AvgIpc) is 3.52. The van der Waals surface area contributed by atoms with Crippen molar-refractivity contribution >= 4 is 11.9 Å². The molecule has 4 heterocycles. The van der Waals surface area contributed by atoms with Gasteiger partial charge in [-0.2, -0.15) is 0 Å². The molecule has 0 saturated carbocycles. The van der Waals surface area contributed by atoms with E-state index in [-0.39, 0.29) is 24.6 Å². The Morgan fingerprint density at radius 2 is 1.97 bits per heavy atom. The number of ether oxygens (including phenoxy) is 1. The summed E-state index contributed by atoms with van der Waals surface area (Å²) < 4.78 is 20.9. The van der Waals surface area contributed by atoms with Crippen molar-refractivity contribution in [1.82, 2.24) is 30.0 Å². The number of carbonyl (C=O) groups is 2. The number of esters is 1. The predicted octanol–water partition coefficient (Wildman–Crippen LogP) is 0.590. The van der Waals surface area contributed by atoms with Crippen LogP contribution in [-0.4, -0.2) is 79.8 Å². The van der Waals surface area contributed by atoms with Crippen LogP contribution in [0, 0.1) is 11.2 Å². The van der Waals surface area contributed by atoms with Crippen LogP contribution in [0.1, 0.15) is 30.9 Å². The number of piperidine rings is 1. The molecule has 0 aliphatic carbocycles. The van der Waals surface area contributed by atoms with Crippen molar-refractivity contribution in [3.63, 3.8) is 0 Å². The van der Waals surface area contributed by atoms with Gasteiger partial charge in [0.25, 0.3) is 0 Å². The van der Waals surface area contributed by atoms with Crippen LogP contribution < -0.4 is 0 Å². The van der Waals surface area contributed by atoms with Gasteiger partial charge in [-0.1, -0.05) is 6.07 Å². The fourth-order valence-corrected chi connectivity index (χ4v) is 4.79. The van der Waals surface area contributed by atoms with Crippen LogP contribution in [0.5, 0.6) is 0 Å². The lowest BCUT2D eigenvalue weighted by Gasteiger charge is -2.38. The molecular formula is C21H23FN6O4. The van der Waals surface area contributed by atoms with E-state index in [2.05, 4.69) is 20.4 Å². The number of halogens is 1. The molecule has 1 atom stereocenters. The van der Waals surface area contributed by atoms with E-state index >= 15 is 0 Å². The number of aliphatic hydroxyl groups excluding tert-OH is 1. The van der Waals surface area contributed by atoms with Crippen LogP contribution in [0.3, 0.4) is 0 Å². The molecule has 0 bridgehead atoms. The summed E-state index contributed by atoms with van der Waals surface area (Å²) in [4.78, 5) is 28.2. The van der Waals surface area contributed by atoms with E-state index in [1.54, 1.807) is 17.0 Å². The van der Waals surface area contributed by atoms with Crippen molar-refractivity contribution in [3.8, 4) is 5.69 Å². The lowest BCUT2D eigenvalue weighted by molar-refractivity contribution is -0.138. The maximum absolute atomic E-state index is 14.6. The maximum Gasteiger partial charge on any atom is 0.333 e. The molecule has 2 saturated heterocycles. The van der Waals surface area contributed by atoms with Crippen molar-refractivity contribution in [2.45, 2.75) is 25.4 Å². The summed E-state index contributed by atoms with van der Waals surface area (Å²) >= 11 is 0. The molecule has 1 aromatic carbocycles. The van der Waals surface area contributed by atoms with E-state index < -0.39 is 23.3 Å². The average molecular weight is 442 g/mol. The highest BCUT2D eigenvalue weighted by molar-refractivity contribution is 5.90. The molecule has 1 amide bonds. The summed E-state index contributed by atoms with van der Waals surface area (Å²) in [6.07, 6.45) is 3.83. The maximum atomic E-state index is 14.6. The first-order valence-corrected chi connectivity index (χ1v) is 10.6. The number of aliphatic hydroxyl groups is 1. The van der Waals surface area contributed by atoms with Crippen LogP contribution in [0.4, 0.5) is 4.39 Å². The lowest BCUT2D eigenvalue weighted by Crippen LogP contribution is -2.45. The fraction of sp³-hybridized carbons (Fsp3) is 0.476. The molecule has 32 heavy (non-hydrogen) atoms. The van der Waals surface area contributed by atoms with Gasteiger partial charge < -0.3 is 19.6 Å². The minimum absolute atomic E-state index is 0.0477. The number of tetrazole rings is 1. The number of hydrogen-bond donors (Lipinski definition) is 1. The highest BCUT2D eigenvalue weighted by atomic mass is 19.1. The Kier molecular flexibility index (Phi) is 5.22. The second-order valence-electron chi connectivity index (χ2n) is 8.51.